The van der Waals surface area contributed by atoms with Gasteiger partial charge in [0.25, 0.3) is 5.91 Å². The molecule has 0 radical (unpaired) electrons. The third-order valence-electron chi connectivity index (χ3n) is 3.56. The van der Waals surface area contributed by atoms with Gasteiger partial charge < -0.3 is 14.6 Å². The Hall–Kier alpha value is -1.98. The number of carbonyl (C=O) groups excluding carboxylic acids is 2. The summed E-state index contributed by atoms with van der Waals surface area (Å²) >= 11 is 0. The predicted molar refractivity (Wildman–Crippen MR) is 79.2 cm³/mol. The highest BCUT2D eigenvalue weighted by Crippen LogP contribution is 2.28. The van der Waals surface area contributed by atoms with Crippen molar-refractivity contribution in [1.29, 1.82) is 0 Å². The average Bonchev–Trinajstić information content (AvgIpc) is 2.80. The van der Waals surface area contributed by atoms with Crippen molar-refractivity contribution in [2.45, 2.75) is 45.9 Å². The first-order chi connectivity index (χ1) is 9.74. The van der Waals surface area contributed by atoms with E-state index in [4.69, 9.17) is 4.74 Å². The van der Waals surface area contributed by atoms with Crippen LogP contribution in [0.15, 0.2) is 12.1 Å². The molecule has 116 valence electrons. The average molecular weight is 293 g/mol. The van der Waals surface area contributed by atoms with E-state index in [1.54, 1.807) is 18.0 Å². The number of aromatic nitrogens is 1. The highest BCUT2D eigenvalue weighted by molar-refractivity contribution is 5.92. The Morgan fingerprint density at radius 1 is 1.29 bits per heavy atom. The molecule has 1 atom stereocenters. The van der Waals surface area contributed by atoms with Crippen LogP contribution in [0.25, 0.3) is 0 Å². The molecule has 0 saturated carbocycles. The van der Waals surface area contributed by atoms with Crippen LogP contribution in [-0.2, 0) is 11.3 Å². The van der Waals surface area contributed by atoms with E-state index in [0.29, 0.717) is 18.8 Å². The standard InChI is InChI=1S/C15H23N3O3/c1-10-11-6-7-12(13(19)16-5)18(11)9-8-17(10)14(20)21-15(2,3)4/h6-7,10H,8-9H2,1-5H3,(H,16,19)/t10-/m0/s1. The second-order valence-corrected chi connectivity index (χ2v) is 6.22. The normalized spacial score (nSPS) is 18.1. The van der Waals surface area contributed by atoms with Gasteiger partial charge in [-0.25, -0.2) is 4.79 Å². The second kappa shape index (κ2) is 5.42. The van der Waals surface area contributed by atoms with Gasteiger partial charge >= 0.3 is 6.09 Å². The fraction of sp³-hybridized carbons (Fsp3) is 0.600. The fourth-order valence-electron chi connectivity index (χ4n) is 2.56. The van der Waals surface area contributed by atoms with Crippen LogP contribution in [0, 0.1) is 0 Å². The lowest BCUT2D eigenvalue weighted by Crippen LogP contribution is -2.44. The van der Waals surface area contributed by atoms with Gasteiger partial charge in [0.1, 0.15) is 11.3 Å². The minimum Gasteiger partial charge on any atom is -0.444 e. The largest absolute Gasteiger partial charge is 0.444 e. The number of carbonyl (C=O) groups is 2. The monoisotopic (exact) mass is 293 g/mol. The van der Waals surface area contributed by atoms with E-state index < -0.39 is 5.60 Å². The molecular formula is C15H23N3O3. The van der Waals surface area contributed by atoms with Gasteiger partial charge in [-0.05, 0) is 39.8 Å². The molecule has 2 rings (SSSR count). The van der Waals surface area contributed by atoms with Crippen molar-refractivity contribution in [3.63, 3.8) is 0 Å². The van der Waals surface area contributed by atoms with Crippen LogP contribution in [0.5, 0.6) is 0 Å². The summed E-state index contributed by atoms with van der Waals surface area (Å²) in [5.74, 6) is -0.112. The van der Waals surface area contributed by atoms with Crippen LogP contribution < -0.4 is 5.32 Å². The Kier molecular flexibility index (Phi) is 3.98. The molecule has 1 aromatic rings. The van der Waals surface area contributed by atoms with Gasteiger partial charge in [0.2, 0.25) is 0 Å². The van der Waals surface area contributed by atoms with E-state index >= 15 is 0 Å². The highest BCUT2D eigenvalue weighted by Gasteiger charge is 2.32. The van der Waals surface area contributed by atoms with Crippen molar-refractivity contribution in [3.8, 4) is 0 Å². The Bertz CT molecular complexity index is 557. The van der Waals surface area contributed by atoms with Gasteiger partial charge in [-0.2, -0.15) is 0 Å². The summed E-state index contributed by atoms with van der Waals surface area (Å²) in [6.07, 6.45) is -0.316. The van der Waals surface area contributed by atoms with Crippen LogP contribution in [0.4, 0.5) is 4.79 Å². The third-order valence-corrected chi connectivity index (χ3v) is 3.56. The van der Waals surface area contributed by atoms with E-state index in [9.17, 15) is 9.59 Å². The lowest BCUT2D eigenvalue weighted by molar-refractivity contribution is 0.0126. The zero-order valence-corrected chi connectivity index (χ0v) is 13.3. The first-order valence-corrected chi connectivity index (χ1v) is 7.15. The number of hydrogen-bond donors (Lipinski definition) is 1. The highest BCUT2D eigenvalue weighted by atomic mass is 16.6. The Morgan fingerprint density at radius 3 is 2.52 bits per heavy atom. The van der Waals surface area contributed by atoms with Gasteiger partial charge in [0.05, 0.1) is 6.04 Å². The zero-order chi connectivity index (χ0) is 15.8. The maximum atomic E-state index is 12.2. The maximum absolute atomic E-state index is 12.2. The lowest BCUT2D eigenvalue weighted by Gasteiger charge is -2.36. The van der Waals surface area contributed by atoms with Crippen molar-refractivity contribution >= 4 is 12.0 Å². The van der Waals surface area contributed by atoms with Crippen molar-refractivity contribution in [1.82, 2.24) is 14.8 Å². The van der Waals surface area contributed by atoms with Crippen LogP contribution in [0.3, 0.4) is 0 Å². The van der Waals surface area contributed by atoms with E-state index in [-0.39, 0.29) is 18.0 Å². The molecule has 21 heavy (non-hydrogen) atoms. The van der Waals surface area contributed by atoms with Gasteiger partial charge in [-0.15, -0.1) is 0 Å². The number of nitrogens with zero attached hydrogens (tertiary/aromatic N) is 2. The Labute approximate surface area is 125 Å². The number of rotatable bonds is 1. The Morgan fingerprint density at radius 2 is 1.95 bits per heavy atom. The molecule has 2 heterocycles. The molecule has 1 aliphatic rings. The maximum Gasteiger partial charge on any atom is 0.410 e. The minimum atomic E-state index is -0.510. The SMILES string of the molecule is CNC(=O)c1ccc2n1CCN(C(=O)OC(C)(C)C)[C@H]2C. The zero-order valence-electron chi connectivity index (χ0n) is 13.3. The molecule has 0 saturated heterocycles. The number of ether oxygens (including phenoxy) is 1. The molecule has 0 fully saturated rings. The van der Waals surface area contributed by atoms with Gasteiger partial charge in [0.15, 0.2) is 0 Å². The van der Waals surface area contributed by atoms with E-state index in [2.05, 4.69) is 5.32 Å². The van der Waals surface area contributed by atoms with Crippen molar-refractivity contribution in [2.24, 2.45) is 0 Å². The smallest absolute Gasteiger partial charge is 0.410 e. The summed E-state index contributed by atoms with van der Waals surface area (Å²) < 4.78 is 7.40. The Balaban J connectivity index is 2.22. The number of amides is 2. The quantitative estimate of drug-likeness (QED) is 0.863. The minimum absolute atomic E-state index is 0.112. The fourth-order valence-corrected chi connectivity index (χ4v) is 2.56. The topological polar surface area (TPSA) is 63.6 Å². The van der Waals surface area contributed by atoms with Crippen molar-refractivity contribution in [2.75, 3.05) is 13.6 Å². The summed E-state index contributed by atoms with van der Waals surface area (Å²) in [4.78, 5) is 25.8. The summed E-state index contributed by atoms with van der Waals surface area (Å²) in [6, 6.07) is 3.57. The summed E-state index contributed by atoms with van der Waals surface area (Å²) in [5, 5.41) is 2.63. The van der Waals surface area contributed by atoms with E-state index in [1.807, 2.05) is 38.3 Å². The third kappa shape index (κ3) is 3.04. The number of nitrogens with one attached hydrogen (secondary N) is 1. The van der Waals surface area contributed by atoms with Crippen molar-refractivity contribution < 1.29 is 14.3 Å². The molecule has 0 aliphatic carbocycles. The molecule has 1 N–H and O–H groups in total. The molecule has 0 bridgehead atoms. The molecule has 1 aromatic heterocycles. The molecule has 0 spiro atoms. The lowest BCUT2D eigenvalue weighted by atomic mass is 10.1. The number of fused-ring (bicyclic) bond motifs is 1. The summed E-state index contributed by atoms with van der Waals surface area (Å²) in [6.45, 7) is 8.63. The van der Waals surface area contributed by atoms with Gasteiger partial charge in [-0.1, -0.05) is 0 Å². The van der Waals surface area contributed by atoms with Gasteiger partial charge in [-0.3, -0.25) is 9.69 Å². The first kappa shape index (κ1) is 15.4. The molecule has 6 nitrogen and oxygen atoms in total. The van der Waals surface area contributed by atoms with Crippen LogP contribution in [-0.4, -0.2) is 40.7 Å². The molecule has 0 aromatic carbocycles. The summed E-state index contributed by atoms with van der Waals surface area (Å²) in [7, 11) is 1.61. The molecule has 0 unspecified atom stereocenters. The van der Waals surface area contributed by atoms with Crippen LogP contribution in [0.1, 0.15) is 49.9 Å². The molecular weight excluding hydrogens is 270 g/mol. The first-order valence-electron chi connectivity index (χ1n) is 7.15. The van der Waals surface area contributed by atoms with Gasteiger partial charge in [0, 0.05) is 25.8 Å². The summed E-state index contributed by atoms with van der Waals surface area (Å²) in [5.41, 5.74) is 1.07. The van der Waals surface area contributed by atoms with E-state index in [0.717, 1.165) is 5.69 Å². The van der Waals surface area contributed by atoms with Crippen LogP contribution in [0.2, 0.25) is 0 Å². The second-order valence-electron chi connectivity index (χ2n) is 6.22. The van der Waals surface area contributed by atoms with Crippen LogP contribution >= 0.6 is 0 Å². The molecule has 1 aliphatic heterocycles. The molecule has 2 amide bonds. The van der Waals surface area contributed by atoms with Crippen molar-refractivity contribution in [3.05, 3.63) is 23.5 Å². The number of hydrogen-bond acceptors (Lipinski definition) is 3. The van der Waals surface area contributed by atoms with E-state index in [1.165, 1.54) is 0 Å². The molecule has 6 heteroatoms. The predicted octanol–water partition coefficient (Wildman–Crippen LogP) is 2.16.